The third kappa shape index (κ3) is 5.60. The van der Waals surface area contributed by atoms with E-state index in [2.05, 4.69) is 0 Å². The number of rotatable bonds is 6. The summed E-state index contributed by atoms with van der Waals surface area (Å²) in [5, 5.41) is 36.9. The summed E-state index contributed by atoms with van der Waals surface area (Å²) in [6.45, 7) is 1.87. The molecule has 0 atom stereocenters. The lowest BCUT2D eigenvalue weighted by atomic mass is 10.1. The molecule has 0 saturated heterocycles. The van der Waals surface area contributed by atoms with Crippen molar-refractivity contribution in [3.63, 3.8) is 0 Å². The van der Waals surface area contributed by atoms with Crippen LogP contribution in [0.15, 0.2) is 59.1 Å². The second-order valence-electron chi connectivity index (χ2n) is 6.25. The number of allylic oxidation sites excluding steroid dienone is 6. The molecular weight excluding hydrogens is 358 g/mol. The minimum Gasteiger partial charge on any atom is -0.508 e. The quantitative estimate of drug-likeness (QED) is 0.731. The Morgan fingerprint density at radius 3 is 2.61 bits per heavy atom. The second-order valence-corrected chi connectivity index (χ2v) is 6.25. The Hall–Kier alpha value is -3.81. The Balaban J connectivity index is 2.24. The van der Waals surface area contributed by atoms with Crippen LogP contribution in [0.5, 0.6) is 5.75 Å². The second kappa shape index (κ2) is 9.22. The van der Waals surface area contributed by atoms with Crippen molar-refractivity contribution in [2.75, 3.05) is 13.6 Å². The van der Waals surface area contributed by atoms with Crippen molar-refractivity contribution in [1.29, 1.82) is 10.5 Å². The van der Waals surface area contributed by atoms with Crippen LogP contribution in [0.1, 0.15) is 18.1 Å². The molecule has 28 heavy (non-hydrogen) atoms. The smallest absolute Gasteiger partial charge is 0.317 e. The summed E-state index contributed by atoms with van der Waals surface area (Å²) in [5.41, 5.74) is 1.86. The number of aromatic hydroxyl groups is 1. The van der Waals surface area contributed by atoms with E-state index in [9.17, 15) is 9.90 Å². The molecule has 1 aromatic carbocycles. The van der Waals surface area contributed by atoms with E-state index in [0.29, 0.717) is 22.7 Å². The average Bonchev–Trinajstić information content (AvgIpc) is 2.62. The molecule has 0 unspecified atom stereocenters. The minimum absolute atomic E-state index is 0.00179. The first-order chi connectivity index (χ1) is 13.3. The number of phenolic OH excluding ortho intramolecular Hbond substituents is 1. The highest BCUT2D eigenvalue weighted by Gasteiger charge is 2.11. The Morgan fingerprint density at radius 1 is 1.25 bits per heavy atom. The Bertz CT molecular complexity index is 972. The first kappa shape index (κ1) is 20.5. The van der Waals surface area contributed by atoms with E-state index in [1.807, 2.05) is 12.1 Å². The highest BCUT2D eigenvalue weighted by Crippen LogP contribution is 2.24. The largest absolute Gasteiger partial charge is 0.508 e. The van der Waals surface area contributed by atoms with Crippen molar-refractivity contribution in [1.82, 2.24) is 4.90 Å². The topological polar surface area (TPSA) is 118 Å². The number of carboxylic acid groups (broad SMARTS) is 1. The van der Waals surface area contributed by atoms with Gasteiger partial charge in [-0.1, -0.05) is 12.1 Å². The van der Waals surface area contributed by atoms with Gasteiger partial charge in [0.25, 0.3) is 0 Å². The predicted molar refractivity (Wildman–Crippen MR) is 102 cm³/mol. The molecule has 0 amide bonds. The van der Waals surface area contributed by atoms with Gasteiger partial charge in [-0.05, 0) is 49.9 Å². The molecule has 0 fully saturated rings. The molecule has 7 heteroatoms. The number of aliphatic carboxylic acids is 1. The van der Waals surface area contributed by atoms with Gasteiger partial charge in [0.2, 0.25) is 0 Å². The summed E-state index contributed by atoms with van der Waals surface area (Å²) in [6, 6.07) is 8.72. The van der Waals surface area contributed by atoms with E-state index >= 15 is 0 Å². The molecule has 0 radical (unpaired) electrons. The van der Waals surface area contributed by atoms with E-state index in [1.165, 1.54) is 0 Å². The lowest BCUT2D eigenvalue weighted by molar-refractivity contribution is -0.138. The molecule has 7 nitrogen and oxygen atoms in total. The number of nitriles is 2. The summed E-state index contributed by atoms with van der Waals surface area (Å²) >= 11 is 0. The van der Waals surface area contributed by atoms with Crippen LogP contribution in [0, 0.1) is 22.7 Å². The molecule has 1 heterocycles. The maximum Gasteiger partial charge on any atom is 0.317 e. The molecule has 0 spiro atoms. The van der Waals surface area contributed by atoms with Crippen molar-refractivity contribution in [2.45, 2.75) is 13.5 Å². The summed E-state index contributed by atoms with van der Waals surface area (Å²) < 4.78 is 5.60. The maximum atomic E-state index is 10.8. The van der Waals surface area contributed by atoms with Gasteiger partial charge in [0.05, 0.1) is 6.54 Å². The van der Waals surface area contributed by atoms with Crippen LogP contribution >= 0.6 is 0 Å². The van der Waals surface area contributed by atoms with Crippen LogP contribution in [0.3, 0.4) is 0 Å². The fourth-order valence-electron chi connectivity index (χ4n) is 2.63. The molecule has 0 aliphatic carbocycles. The minimum atomic E-state index is -0.944. The zero-order valence-corrected chi connectivity index (χ0v) is 15.5. The molecule has 0 saturated carbocycles. The maximum absolute atomic E-state index is 10.8. The molecule has 2 rings (SSSR count). The molecule has 142 valence electrons. The van der Waals surface area contributed by atoms with Crippen molar-refractivity contribution in [3.05, 3.63) is 70.2 Å². The third-order valence-corrected chi connectivity index (χ3v) is 3.84. The SMILES string of the molecule is CC1=CC(=C(C#N)C#N)C=C(/C=C/c2ccc(O)c(CN(C)CC(=O)O)c2)O1. The van der Waals surface area contributed by atoms with Crippen LogP contribution in [0.4, 0.5) is 0 Å². The number of nitrogens with zero attached hydrogens (tertiary/aromatic N) is 3. The van der Waals surface area contributed by atoms with Crippen LogP contribution in [-0.2, 0) is 16.1 Å². The molecule has 1 aliphatic rings. The normalized spacial score (nSPS) is 13.4. The van der Waals surface area contributed by atoms with Gasteiger partial charge in [0.1, 0.15) is 35.0 Å². The van der Waals surface area contributed by atoms with Gasteiger partial charge in [-0.15, -0.1) is 0 Å². The average molecular weight is 377 g/mol. The molecule has 1 aromatic rings. The molecule has 0 aromatic heterocycles. The lowest BCUT2D eigenvalue weighted by Gasteiger charge is -2.15. The van der Waals surface area contributed by atoms with Crippen molar-refractivity contribution in [3.8, 4) is 17.9 Å². The molecule has 2 N–H and O–H groups in total. The van der Waals surface area contributed by atoms with E-state index in [0.717, 1.165) is 5.56 Å². The molecule has 0 bridgehead atoms. The fraction of sp³-hybridized carbons (Fsp3) is 0.190. The third-order valence-electron chi connectivity index (χ3n) is 3.84. The number of hydrogen-bond acceptors (Lipinski definition) is 6. The summed E-state index contributed by atoms with van der Waals surface area (Å²) in [4.78, 5) is 12.4. The Morgan fingerprint density at radius 2 is 1.96 bits per heavy atom. The van der Waals surface area contributed by atoms with Gasteiger partial charge >= 0.3 is 5.97 Å². The highest BCUT2D eigenvalue weighted by atomic mass is 16.5. The first-order valence-corrected chi connectivity index (χ1v) is 8.35. The number of carbonyl (C=O) groups is 1. The summed E-state index contributed by atoms with van der Waals surface area (Å²) in [6.07, 6.45) is 6.68. The lowest BCUT2D eigenvalue weighted by Crippen LogP contribution is -2.25. The molecule has 1 aliphatic heterocycles. The summed E-state index contributed by atoms with van der Waals surface area (Å²) in [5.74, 6) is 0.164. The summed E-state index contributed by atoms with van der Waals surface area (Å²) in [7, 11) is 1.65. The van der Waals surface area contributed by atoms with Gasteiger partial charge in [-0.2, -0.15) is 10.5 Å². The van der Waals surface area contributed by atoms with Crippen LogP contribution in [0.25, 0.3) is 6.08 Å². The monoisotopic (exact) mass is 377 g/mol. The zero-order chi connectivity index (χ0) is 20.7. The number of benzene rings is 1. The van der Waals surface area contributed by atoms with Gasteiger partial charge in [-0.25, -0.2) is 0 Å². The fourth-order valence-corrected chi connectivity index (χ4v) is 2.63. The predicted octanol–water partition coefficient (Wildman–Crippen LogP) is 3.08. The first-order valence-electron chi connectivity index (χ1n) is 8.35. The number of carboxylic acids is 1. The number of hydrogen-bond donors (Lipinski definition) is 2. The number of phenols is 1. The van der Waals surface area contributed by atoms with Gasteiger partial charge in [0.15, 0.2) is 0 Å². The van der Waals surface area contributed by atoms with Crippen LogP contribution < -0.4 is 0 Å². The van der Waals surface area contributed by atoms with Crippen LogP contribution in [-0.4, -0.2) is 34.7 Å². The van der Waals surface area contributed by atoms with Gasteiger partial charge in [0, 0.05) is 17.7 Å². The van der Waals surface area contributed by atoms with Crippen LogP contribution in [0.2, 0.25) is 0 Å². The van der Waals surface area contributed by atoms with Gasteiger partial charge < -0.3 is 14.9 Å². The van der Waals surface area contributed by atoms with E-state index in [-0.39, 0.29) is 24.4 Å². The van der Waals surface area contributed by atoms with Crippen molar-refractivity contribution in [2.24, 2.45) is 0 Å². The standard InChI is InChI=1S/C21H19N3O4/c1-14-7-16(18(10-22)11-23)9-19(28-14)5-3-15-4-6-20(25)17(8-15)12-24(2)13-21(26)27/h3-9,25H,12-13H2,1-2H3,(H,26,27)/b5-3+. The Kier molecular flexibility index (Phi) is 6.75. The molecular formula is C21H19N3O4. The highest BCUT2D eigenvalue weighted by molar-refractivity contribution is 5.69. The van der Waals surface area contributed by atoms with E-state index < -0.39 is 5.97 Å². The number of ether oxygens (including phenoxy) is 1. The zero-order valence-electron chi connectivity index (χ0n) is 15.5. The number of likely N-dealkylation sites (N-methyl/N-ethyl adjacent to an activating group) is 1. The van der Waals surface area contributed by atoms with E-state index in [1.54, 1.807) is 61.4 Å². The van der Waals surface area contributed by atoms with Crippen molar-refractivity contribution >= 4 is 12.0 Å². The van der Waals surface area contributed by atoms with Crippen molar-refractivity contribution < 1.29 is 19.7 Å². The van der Waals surface area contributed by atoms with E-state index in [4.69, 9.17) is 20.4 Å². The Labute approximate surface area is 163 Å². The van der Waals surface area contributed by atoms with Gasteiger partial charge in [-0.3, -0.25) is 9.69 Å².